The summed E-state index contributed by atoms with van der Waals surface area (Å²) >= 11 is 0. The highest BCUT2D eigenvalue weighted by Crippen LogP contribution is 2.28. The number of rotatable bonds is 4. The predicted octanol–water partition coefficient (Wildman–Crippen LogP) is 2.71. The van der Waals surface area contributed by atoms with Crippen LogP contribution >= 0.6 is 0 Å². The van der Waals surface area contributed by atoms with Gasteiger partial charge in [0.15, 0.2) is 0 Å². The van der Waals surface area contributed by atoms with Crippen LogP contribution in [0.2, 0.25) is 0 Å². The van der Waals surface area contributed by atoms with E-state index >= 15 is 0 Å². The highest BCUT2D eigenvalue weighted by molar-refractivity contribution is 5.86. The number of aliphatic carboxylic acids is 1. The summed E-state index contributed by atoms with van der Waals surface area (Å²) in [4.78, 5) is 14.7. The van der Waals surface area contributed by atoms with Crippen molar-refractivity contribution >= 4 is 16.9 Å². The minimum atomic E-state index is -0.908. The molecule has 0 saturated carbocycles. The molecule has 0 unspecified atom stereocenters. The van der Waals surface area contributed by atoms with Crippen molar-refractivity contribution in [2.75, 3.05) is 7.11 Å². The number of carbonyl (C=O) groups is 1. The molecule has 1 heterocycles. The topological polar surface area (TPSA) is 59.4 Å². The average Bonchev–Trinajstić information content (AvgIpc) is 2.36. The Morgan fingerprint density at radius 3 is 2.79 bits per heavy atom. The molecule has 0 bridgehead atoms. The second kappa shape index (κ2) is 5.22. The Hall–Kier alpha value is -2.17. The summed E-state index contributed by atoms with van der Waals surface area (Å²) in [6.07, 6.45) is 0.242. The van der Waals surface area contributed by atoms with Crippen LogP contribution in [0.4, 0.5) is 4.39 Å². The molecule has 4 nitrogen and oxygen atoms in total. The number of fused-ring (bicyclic) bond motifs is 1. The maximum atomic E-state index is 14.0. The van der Waals surface area contributed by atoms with Gasteiger partial charge < -0.3 is 9.84 Å². The Morgan fingerprint density at radius 2 is 2.16 bits per heavy atom. The van der Waals surface area contributed by atoms with Crippen LogP contribution in [0.3, 0.4) is 0 Å². The number of pyridine rings is 1. The van der Waals surface area contributed by atoms with Gasteiger partial charge >= 0.3 is 5.97 Å². The first kappa shape index (κ1) is 13.3. The van der Waals surface area contributed by atoms with Crippen molar-refractivity contribution in [3.8, 4) is 5.75 Å². The minimum absolute atomic E-state index is 0.0352. The molecule has 0 aliphatic carbocycles. The third-order valence-corrected chi connectivity index (χ3v) is 2.86. The van der Waals surface area contributed by atoms with Gasteiger partial charge in [0.1, 0.15) is 17.1 Å². The van der Waals surface area contributed by atoms with Crippen molar-refractivity contribution in [3.63, 3.8) is 0 Å². The summed E-state index contributed by atoms with van der Waals surface area (Å²) in [6, 6.07) is 4.78. The SMILES string of the molecule is COc1cc(C)nc2c(F)cc(CCC(=O)O)cc12. The highest BCUT2D eigenvalue weighted by Gasteiger charge is 2.11. The van der Waals surface area contributed by atoms with Gasteiger partial charge in [-0.2, -0.15) is 0 Å². The van der Waals surface area contributed by atoms with E-state index in [9.17, 15) is 9.18 Å². The molecule has 1 aromatic heterocycles. The highest BCUT2D eigenvalue weighted by atomic mass is 19.1. The lowest BCUT2D eigenvalue weighted by Crippen LogP contribution is -1.99. The number of hydrogen-bond donors (Lipinski definition) is 1. The second-order valence-corrected chi connectivity index (χ2v) is 4.33. The number of nitrogens with zero attached hydrogens (tertiary/aromatic N) is 1. The van der Waals surface area contributed by atoms with E-state index in [-0.39, 0.29) is 18.4 Å². The first-order valence-electron chi connectivity index (χ1n) is 5.87. The monoisotopic (exact) mass is 263 g/mol. The van der Waals surface area contributed by atoms with Gasteiger partial charge in [-0.25, -0.2) is 9.37 Å². The van der Waals surface area contributed by atoms with Crippen LogP contribution in [-0.4, -0.2) is 23.2 Å². The number of aryl methyl sites for hydroxylation is 2. The number of halogens is 1. The van der Waals surface area contributed by atoms with Gasteiger partial charge in [-0.15, -0.1) is 0 Å². The van der Waals surface area contributed by atoms with Crippen molar-refractivity contribution in [1.82, 2.24) is 4.98 Å². The Kier molecular flexibility index (Phi) is 3.64. The Bertz CT molecular complexity index is 640. The van der Waals surface area contributed by atoms with E-state index in [1.165, 1.54) is 13.2 Å². The van der Waals surface area contributed by atoms with Crippen molar-refractivity contribution in [3.05, 3.63) is 35.3 Å². The van der Waals surface area contributed by atoms with Crippen LogP contribution in [-0.2, 0) is 11.2 Å². The van der Waals surface area contributed by atoms with Crippen LogP contribution in [0, 0.1) is 12.7 Å². The number of carboxylic acids is 1. The number of ether oxygens (including phenoxy) is 1. The van der Waals surface area contributed by atoms with E-state index < -0.39 is 11.8 Å². The zero-order valence-electron chi connectivity index (χ0n) is 10.7. The Morgan fingerprint density at radius 1 is 1.42 bits per heavy atom. The average molecular weight is 263 g/mol. The fourth-order valence-electron chi connectivity index (χ4n) is 2.00. The quantitative estimate of drug-likeness (QED) is 0.921. The van der Waals surface area contributed by atoms with E-state index in [0.29, 0.717) is 22.4 Å². The number of carboxylic acid groups (broad SMARTS) is 1. The lowest BCUT2D eigenvalue weighted by Gasteiger charge is -2.09. The molecular weight excluding hydrogens is 249 g/mol. The van der Waals surface area contributed by atoms with Gasteiger partial charge in [0.05, 0.1) is 7.11 Å². The van der Waals surface area contributed by atoms with Crippen LogP contribution in [0.25, 0.3) is 10.9 Å². The van der Waals surface area contributed by atoms with E-state index in [2.05, 4.69) is 4.98 Å². The summed E-state index contributed by atoms with van der Waals surface area (Å²) in [7, 11) is 1.51. The van der Waals surface area contributed by atoms with Gasteiger partial charge in [0.25, 0.3) is 0 Å². The number of aromatic nitrogens is 1. The maximum Gasteiger partial charge on any atom is 0.303 e. The molecule has 0 aliphatic heterocycles. The van der Waals surface area contributed by atoms with Crippen molar-refractivity contribution in [2.24, 2.45) is 0 Å². The third kappa shape index (κ3) is 2.81. The largest absolute Gasteiger partial charge is 0.496 e. The summed E-state index contributed by atoms with van der Waals surface area (Å²) in [5.74, 6) is -0.826. The molecule has 0 atom stereocenters. The lowest BCUT2D eigenvalue weighted by molar-refractivity contribution is -0.136. The zero-order valence-corrected chi connectivity index (χ0v) is 10.7. The van der Waals surface area contributed by atoms with Gasteiger partial charge in [0, 0.05) is 23.6 Å². The molecule has 2 rings (SSSR count). The zero-order chi connectivity index (χ0) is 14.0. The summed E-state index contributed by atoms with van der Waals surface area (Å²) in [6.45, 7) is 1.76. The molecule has 1 N–H and O–H groups in total. The smallest absolute Gasteiger partial charge is 0.303 e. The molecule has 0 saturated heterocycles. The van der Waals surface area contributed by atoms with Crippen LogP contribution in [0.15, 0.2) is 18.2 Å². The van der Waals surface area contributed by atoms with Gasteiger partial charge in [0.2, 0.25) is 0 Å². The molecular formula is C14H14FNO3. The lowest BCUT2D eigenvalue weighted by atomic mass is 10.0. The van der Waals surface area contributed by atoms with Gasteiger partial charge in [-0.05, 0) is 31.0 Å². The van der Waals surface area contributed by atoms with E-state index in [4.69, 9.17) is 9.84 Å². The van der Waals surface area contributed by atoms with Gasteiger partial charge in [-0.3, -0.25) is 4.79 Å². The first-order chi connectivity index (χ1) is 9.01. The minimum Gasteiger partial charge on any atom is -0.496 e. The molecule has 5 heteroatoms. The predicted molar refractivity (Wildman–Crippen MR) is 68.9 cm³/mol. The molecule has 0 fully saturated rings. The number of benzene rings is 1. The molecule has 100 valence electrons. The number of hydrogen-bond acceptors (Lipinski definition) is 3. The summed E-state index contributed by atoms with van der Waals surface area (Å²) < 4.78 is 19.2. The summed E-state index contributed by atoms with van der Waals surface area (Å²) in [5, 5.41) is 9.23. The molecule has 0 spiro atoms. The van der Waals surface area contributed by atoms with Crippen molar-refractivity contribution < 1.29 is 19.0 Å². The van der Waals surface area contributed by atoms with E-state index in [1.54, 1.807) is 19.1 Å². The second-order valence-electron chi connectivity index (χ2n) is 4.33. The molecule has 19 heavy (non-hydrogen) atoms. The van der Waals surface area contributed by atoms with E-state index in [1.807, 2.05) is 0 Å². The number of methoxy groups -OCH3 is 1. The Balaban J connectivity index is 2.54. The molecule has 0 radical (unpaired) electrons. The fraction of sp³-hybridized carbons (Fsp3) is 0.286. The van der Waals surface area contributed by atoms with Crippen LogP contribution < -0.4 is 4.74 Å². The third-order valence-electron chi connectivity index (χ3n) is 2.86. The first-order valence-corrected chi connectivity index (χ1v) is 5.87. The standard InChI is InChI=1S/C14H14FNO3/c1-8-5-12(19-2)10-6-9(3-4-13(17)18)7-11(15)14(10)16-8/h5-7H,3-4H2,1-2H3,(H,17,18). The van der Waals surface area contributed by atoms with Gasteiger partial charge in [-0.1, -0.05) is 0 Å². The molecule has 1 aromatic carbocycles. The van der Waals surface area contributed by atoms with Crippen molar-refractivity contribution in [2.45, 2.75) is 19.8 Å². The maximum absolute atomic E-state index is 14.0. The normalized spacial score (nSPS) is 10.7. The molecule has 0 aliphatic rings. The molecule has 0 amide bonds. The van der Waals surface area contributed by atoms with Crippen LogP contribution in [0.1, 0.15) is 17.7 Å². The fourth-order valence-corrected chi connectivity index (χ4v) is 2.00. The Labute approximate surface area is 109 Å². The van der Waals surface area contributed by atoms with Crippen molar-refractivity contribution in [1.29, 1.82) is 0 Å². The van der Waals surface area contributed by atoms with Crippen LogP contribution in [0.5, 0.6) is 5.75 Å². The van der Waals surface area contributed by atoms with E-state index in [0.717, 1.165) is 0 Å². The molecule has 2 aromatic rings. The summed E-state index contributed by atoms with van der Waals surface area (Å²) in [5.41, 5.74) is 1.54.